The Balaban J connectivity index is 1.64. The maximum atomic E-state index is 4.33. The van der Waals surface area contributed by atoms with Gasteiger partial charge in [0.1, 0.15) is 5.82 Å². The summed E-state index contributed by atoms with van der Waals surface area (Å²) in [6.07, 6.45) is 3.83. The van der Waals surface area contributed by atoms with Crippen LogP contribution in [0, 0.1) is 0 Å². The topological polar surface area (TPSA) is 33.1 Å². The Morgan fingerprint density at radius 1 is 1.26 bits per heavy atom. The molecular weight excluding hydrogens is 236 g/mol. The van der Waals surface area contributed by atoms with E-state index in [1.165, 1.54) is 5.56 Å². The minimum absolute atomic E-state index is 0.885. The highest BCUT2D eigenvalue weighted by molar-refractivity contribution is 5.14. The van der Waals surface area contributed by atoms with Crippen LogP contribution in [-0.2, 0) is 20.1 Å². The molecule has 1 aromatic heterocycles. The Hall–Kier alpha value is -1.65. The van der Waals surface area contributed by atoms with Crippen molar-refractivity contribution in [3.05, 3.63) is 54.1 Å². The Kier molecular flexibility index (Phi) is 5.12. The average Bonchev–Trinajstić information content (AvgIpc) is 2.82. The van der Waals surface area contributed by atoms with Gasteiger partial charge in [0, 0.05) is 39.1 Å². The number of aromatic nitrogens is 2. The van der Waals surface area contributed by atoms with Gasteiger partial charge in [0.2, 0.25) is 0 Å². The van der Waals surface area contributed by atoms with Crippen molar-refractivity contribution in [2.24, 2.45) is 7.05 Å². The first-order valence-corrected chi connectivity index (χ1v) is 6.65. The second kappa shape index (κ2) is 7.07. The summed E-state index contributed by atoms with van der Waals surface area (Å²) in [6, 6.07) is 10.5. The largest absolute Gasteiger partial charge is 0.337 e. The van der Waals surface area contributed by atoms with Crippen molar-refractivity contribution in [1.29, 1.82) is 0 Å². The van der Waals surface area contributed by atoms with Crippen molar-refractivity contribution in [1.82, 2.24) is 19.8 Å². The molecule has 0 unspecified atom stereocenters. The van der Waals surface area contributed by atoms with E-state index in [0.717, 1.165) is 32.0 Å². The van der Waals surface area contributed by atoms with E-state index in [4.69, 9.17) is 0 Å². The maximum absolute atomic E-state index is 4.33. The molecule has 2 rings (SSSR count). The Morgan fingerprint density at radius 3 is 2.74 bits per heavy atom. The molecule has 4 nitrogen and oxygen atoms in total. The quantitative estimate of drug-likeness (QED) is 0.767. The van der Waals surface area contributed by atoms with Crippen LogP contribution in [0.25, 0.3) is 0 Å². The highest BCUT2D eigenvalue weighted by Crippen LogP contribution is 1.99. The summed E-state index contributed by atoms with van der Waals surface area (Å²) in [5, 5.41) is 3.46. The van der Waals surface area contributed by atoms with Crippen molar-refractivity contribution in [3.8, 4) is 0 Å². The first kappa shape index (κ1) is 13.8. The minimum atomic E-state index is 0.885. The van der Waals surface area contributed by atoms with Gasteiger partial charge in [-0.25, -0.2) is 4.98 Å². The Morgan fingerprint density at radius 2 is 2.05 bits per heavy atom. The number of nitrogens with zero attached hydrogens (tertiary/aromatic N) is 3. The van der Waals surface area contributed by atoms with Gasteiger partial charge < -0.3 is 9.88 Å². The van der Waals surface area contributed by atoms with Crippen LogP contribution >= 0.6 is 0 Å². The van der Waals surface area contributed by atoms with Crippen LogP contribution < -0.4 is 5.32 Å². The zero-order chi connectivity index (χ0) is 13.5. The zero-order valence-corrected chi connectivity index (χ0v) is 11.7. The van der Waals surface area contributed by atoms with E-state index >= 15 is 0 Å². The van der Waals surface area contributed by atoms with Gasteiger partial charge in [0.05, 0.1) is 6.54 Å². The number of nitrogens with one attached hydrogen (secondary N) is 1. The molecule has 1 N–H and O–H groups in total. The van der Waals surface area contributed by atoms with E-state index < -0.39 is 0 Å². The van der Waals surface area contributed by atoms with Crippen molar-refractivity contribution in [2.75, 3.05) is 20.1 Å². The molecule has 0 saturated heterocycles. The van der Waals surface area contributed by atoms with Crippen LogP contribution in [0.1, 0.15) is 11.4 Å². The summed E-state index contributed by atoms with van der Waals surface area (Å²) in [4.78, 5) is 6.61. The molecule has 4 heteroatoms. The predicted octanol–water partition coefficient (Wildman–Crippen LogP) is 1.64. The minimum Gasteiger partial charge on any atom is -0.337 e. The fourth-order valence-electron chi connectivity index (χ4n) is 1.97. The van der Waals surface area contributed by atoms with Crippen LogP contribution in [0.4, 0.5) is 0 Å². The molecule has 0 aliphatic carbocycles. The molecule has 1 aromatic carbocycles. The van der Waals surface area contributed by atoms with Gasteiger partial charge in [-0.05, 0) is 12.6 Å². The summed E-state index contributed by atoms with van der Waals surface area (Å²) < 4.78 is 2.06. The molecule has 0 aliphatic rings. The number of benzene rings is 1. The van der Waals surface area contributed by atoms with Gasteiger partial charge in [-0.2, -0.15) is 0 Å². The van der Waals surface area contributed by atoms with Crippen LogP contribution in [0.2, 0.25) is 0 Å². The lowest BCUT2D eigenvalue weighted by molar-refractivity contribution is 0.312. The lowest BCUT2D eigenvalue weighted by Gasteiger charge is -2.16. The van der Waals surface area contributed by atoms with Crippen molar-refractivity contribution >= 4 is 0 Å². The van der Waals surface area contributed by atoms with Gasteiger partial charge in [0.15, 0.2) is 0 Å². The van der Waals surface area contributed by atoms with Crippen LogP contribution in [0.5, 0.6) is 0 Å². The average molecular weight is 258 g/mol. The second-order valence-electron chi connectivity index (χ2n) is 4.85. The number of likely N-dealkylation sites (N-methyl/N-ethyl adjacent to an activating group) is 1. The van der Waals surface area contributed by atoms with E-state index in [1.54, 1.807) is 0 Å². The lowest BCUT2D eigenvalue weighted by Crippen LogP contribution is -2.29. The molecule has 0 bridgehead atoms. The third kappa shape index (κ3) is 4.50. The van der Waals surface area contributed by atoms with Crippen molar-refractivity contribution in [2.45, 2.75) is 13.1 Å². The first-order chi connectivity index (χ1) is 9.25. The van der Waals surface area contributed by atoms with Crippen LogP contribution in [0.3, 0.4) is 0 Å². The number of aryl methyl sites for hydroxylation is 1. The molecule has 102 valence electrons. The standard InChI is InChI=1S/C15H22N4/c1-18(13-15-17-9-11-19(15)2)10-8-16-12-14-6-4-3-5-7-14/h3-7,9,11,16H,8,10,12-13H2,1-2H3. The predicted molar refractivity (Wildman–Crippen MR) is 77.7 cm³/mol. The number of hydrogen-bond donors (Lipinski definition) is 1. The molecule has 0 saturated carbocycles. The van der Waals surface area contributed by atoms with Crippen LogP contribution in [-0.4, -0.2) is 34.6 Å². The third-order valence-corrected chi connectivity index (χ3v) is 3.17. The molecule has 0 amide bonds. The Bertz CT molecular complexity index is 478. The zero-order valence-electron chi connectivity index (χ0n) is 11.7. The monoisotopic (exact) mass is 258 g/mol. The molecule has 1 heterocycles. The molecule has 0 radical (unpaired) electrons. The van der Waals surface area contributed by atoms with Gasteiger partial charge in [-0.1, -0.05) is 30.3 Å². The van der Waals surface area contributed by atoms with E-state index in [-0.39, 0.29) is 0 Å². The molecular formula is C15H22N4. The third-order valence-electron chi connectivity index (χ3n) is 3.17. The second-order valence-corrected chi connectivity index (χ2v) is 4.85. The van der Waals surface area contributed by atoms with E-state index in [9.17, 15) is 0 Å². The summed E-state index contributed by atoms with van der Waals surface area (Å²) >= 11 is 0. The summed E-state index contributed by atoms with van der Waals surface area (Å²) in [5.41, 5.74) is 1.33. The summed E-state index contributed by atoms with van der Waals surface area (Å²) in [5.74, 6) is 1.10. The lowest BCUT2D eigenvalue weighted by atomic mass is 10.2. The molecule has 2 aromatic rings. The highest BCUT2D eigenvalue weighted by atomic mass is 15.2. The number of imidazole rings is 1. The van der Waals surface area contributed by atoms with Crippen LogP contribution in [0.15, 0.2) is 42.7 Å². The van der Waals surface area contributed by atoms with Crippen molar-refractivity contribution < 1.29 is 0 Å². The maximum Gasteiger partial charge on any atom is 0.122 e. The number of rotatable bonds is 7. The SMILES string of the molecule is CN(CCNCc1ccccc1)Cc1nccn1C. The molecule has 19 heavy (non-hydrogen) atoms. The fourth-order valence-corrected chi connectivity index (χ4v) is 1.97. The van der Waals surface area contributed by atoms with Crippen molar-refractivity contribution in [3.63, 3.8) is 0 Å². The summed E-state index contributed by atoms with van der Waals surface area (Å²) in [6.45, 7) is 3.81. The Labute approximate surface area is 115 Å². The first-order valence-electron chi connectivity index (χ1n) is 6.65. The highest BCUT2D eigenvalue weighted by Gasteiger charge is 2.03. The molecule has 0 atom stereocenters. The summed E-state index contributed by atoms with van der Waals surface area (Å²) in [7, 11) is 4.16. The van der Waals surface area contributed by atoms with E-state index in [0.29, 0.717) is 0 Å². The van der Waals surface area contributed by atoms with E-state index in [2.05, 4.69) is 51.1 Å². The van der Waals surface area contributed by atoms with Gasteiger partial charge >= 0.3 is 0 Å². The van der Waals surface area contributed by atoms with Gasteiger partial charge in [0.25, 0.3) is 0 Å². The van der Waals surface area contributed by atoms with E-state index in [1.807, 2.05) is 25.5 Å². The van der Waals surface area contributed by atoms with Gasteiger partial charge in [-0.3, -0.25) is 4.90 Å². The number of hydrogen-bond acceptors (Lipinski definition) is 3. The smallest absolute Gasteiger partial charge is 0.122 e. The molecule has 0 aliphatic heterocycles. The molecule has 0 fully saturated rings. The normalized spacial score (nSPS) is 11.1. The fraction of sp³-hybridized carbons (Fsp3) is 0.400. The van der Waals surface area contributed by atoms with Gasteiger partial charge in [-0.15, -0.1) is 0 Å². The molecule has 0 spiro atoms.